The Morgan fingerprint density at radius 3 is 2.88 bits per heavy atom. The van der Waals surface area contributed by atoms with E-state index in [1.165, 1.54) is 0 Å². The second-order valence-corrected chi connectivity index (χ2v) is 5.93. The van der Waals surface area contributed by atoms with Gasteiger partial charge in [-0.2, -0.15) is 0 Å². The number of rotatable bonds is 6. The lowest BCUT2D eigenvalue weighted by Gasteiger charge is -2.16. The van der Waals surface area contributed by atoms with E-state index < -0.39 is 0 Å². The van der Waals surface area contributed by atoms with Gasteiger partial charge in [0.15, 0.2) is 11.5 Å². The minimum atomic E-state index is -0.138. The molecular formula is C21H20N2O3. The van der Waals surface area contributed by atoms with Crippen LogP contribution in [0.5, 0.6) is 0 Å². The van der Waals surface area contributed by atoms with Crippen molar-refractivity contribution >= 4 is 11.8 Å². The molecule has 0 saturated heterocycles. The van der Waals surface area contributed by atoms with Crippen molar-refractivity contribution in [2.75, 3.05) is 6.61 Å². The summed E-state index contributed by atoms with van der Waals surface area (Å²) >= 11 is 0. The minimum absolute atomic E-state index is 0.129. The monoisotopic (exact) mass is 348 g/mol. The third-order valence-corrected chi connectivity index (χ3v) is 4.05. The molecule has 0 fully saturated rings. The molecule has 0 saturated carbocycles. The van der Waals surface area contributed by atoms with Gasteiger partial charge in [-0.05, 0) is 29.2 Å². The Kier molecular flexibility index (Phi) is 5.49. The van der Waals surface area contributed by atoms with Crippen LogP contribution in [0.25, 0.3) is 5.57 Å². The van der Waals surface area contributed by atoms with Gasteiger partial charge in [0.1, 0.15) is 6.61 Å². The molecule has 0 bridgehead atoms. The quantitative estimate of drug-likeness (QED) is 0.462. The van der Waals surface area contributed by atoms with Gasteiger partial charge in [-0.1, -0.05) is 48.1 Å². The molecule has 0 radical (unpaired) electrons. The highest BCUT2D eigenvalue weighted by atomic mass is 16.6. The molecule has 26 heavy (non-hydrogen) atoms. The van der Waals surface area contributed by atoms with Gasteiger partial charge in [-0.15, -0.1) is 0 Å². The summed E-state index contributed by atoms with van der Waals surface area (Å²) in [6, 6.07) is 11.5. The number of aliphatic hydroxyl groups excluding tert-OH is 2. The first-order valence-corrected chi connectivity index (χ1v) is 8.30. The van der Waals surface area contributed by atoms with Crippen molar-refractivity contribution in [2.45, 2.75) is 12.8 Å². The molecule has 1 aliphatic rings. The van der Waals surface area contributed by atoms with Crippen LogP contribution in [-0.2, 0) is 11.3 Å². The Labute approximate surface area is 152 Å². The van der Waals surface area contributed by atoms with Crippen LogP contribution in [-0.4, -0.2) is 28.0 Å². The average Bonchev–Trinajstić information content (AvgIpc) is 2.67. The SMILES string of the molecule is C=C1CC=C(c2cccc(CCON=Cc3cccnc3)c2)C(O)=C1O. The molecule has 0 atom stereocenters. The van der Waals surface area contributed by atoms with E-state index in [0.29, 0.717) is 30.6 Å². The normalized spacial score (nSPS) is 14.6. The maximum atomic E-state index is 10.2. The highest BCUT2D eigenvalue weighted by Crippen LogP contribution is 2.32. The van der Waals surface area contributed by atoms with Gasteiger partial charge in [-0.3, -0.25) is 4.98 Å². The van der Waals surface area contributed by atoms with Gasteiger partial charge < -0.3 is 15.1 Å². The summed E-state index contributed by atoms with van der Waals surface area (Å²) in [5.41, 5.74) is 3.91. The Hall–Kier alpha value is -3.34. The van der Waals surface area contributed by atoms with Crippen molar-refractivity contribution in [3.8, 4) is 0 Å². The number of hydrogen-bond acceptors (Lipinski definition) is 5. The molecule has 5 heteroatoms. The van der Waals surface area contributed by atoms with Crippen LogP contribution in [0.3, 0.4) is 0 Å². The zero-order chi connectivity index (χ0) is 18.4. The molecule has 1 heterocycles. The maximum absolute atomic E-state index is 10.2. The van der Waals surface area contributed by atoms with E-state index in [-0.39, 0.29) is 11.5 Å². The molecule has 2 N–H and O–H groups in total. The lowest BCUT2D eigenvalue weighted by Crippen LogP contribution is -2.03. The van der Waals surface area contributed by atoms with E-state index in [1.54, 1.807) is 18.6 Å². The van der Waals surface area contributed by atoms with E-state index in [2.05, 4.69) is 16.7 Å². The van der Waals surface area contributed by atoms with Crippen molar-refractivity contribution in [3.63, 3.8) is 0 Å². The number of oxime groups is 1. The molecule has 5 nitrogen and oxygen atoms in total. The van der Waals surface area contributed by atoms with Crippen molar-refractivity contribution in [3.05, 3.63) is 95.2 Å². The van der Waals surface area contributed by atoms with Crippen LogP contribution in [0.1, 0.15) is 23.1 Å². The number of pyridine rings is 1. The maximum Gasteiger partial charge on any atom is 0.165 e. The molecule has 3 rings (SSSR count). The van der Waals surface area contributed by atoms with E-state index in [9.17, 15) is 10.2 Å². The molecular weight excluding hydrogens is 328 g/mol. The lowest BCUT2D eigenvalue weighted by molar-refractivity contribution is 0.149. The Morgan fingerprint density at radius 1 is 1.19 bits per heavy atom. The Morgan fingerprint density at radius 2 is 2.08 bits per heavy atom. The van der Waals surface area contributed by atoms with Crippen LogP contribution in [0.4, 0.5) is 0 Å². The highest BCUT2D eigenvalue weighted by Gasteiger charge is 2.18. The van der Waals surface area contributed by atoms with Gasteiger partial charge in [0.05, 0.1) is 6.21 Å². The van der Waals surface area contributed by atoms with Gasteiger partial charge >= 0.3 is 0 Å². The number of aliphatic hydroxyl groups is 2. The fourth-order valence-electron chi connectivity index (χ4n) is 2.63. The molecule has 0 spiro atoms. The molecule has 0 amide bonds. The van der Waals surface area contributed by atoms with E-state index >= 15 is 0 Å². The van der Waals surface area contributed by atoms with E-state index in [1.807, 2.05) is 42.5 Å². The standard InChI is InChI=1S/C21H20N2O3/c1-15-7-8-19(21(25)20(15)24)18-6-2-4-16(12-18)9-11-26-23-14-17-5-3-10-22-13-17/h2-6,8,10,12-14,24-25H,1,7,9,11H2. The largest absolute Gasteiger partial charge is 0.504 e. The van der Waals surface area contributed by atoms with Crippen molar-refractivity contribution in [1.82, 2.24) is 4.98 Å². The lowest BCUT2D eigenvalue weighted by atomic mass is 9.93. The van der Waals surface area contributed by atoms with Gasteiger partial charge in [0.25, 0.3) is 0 Å². The number of nitrogens with zero attached hydrogens (tertiary/aromatic N) is 2. The molecule has 0 unspecified atom stereocenters. The summed E-state index contributed by atoms with van der Waals surface area (Å²) < 4.78 is 0. The van der Waals surface area contributed by atoms with Crippen LogP contribution in [0, 0.1) is 0 Å². The van der Waals surface area contributed by atoms with E-state index in [4.69, 9.17) is 4.84 Å². The number of aromatic nitrogens is 1. The zero-order valence-corrected chi connectivity index (χ0v) is 14.3. The molecule has 132 valence electrons. The first-order valence-electron chi connectivity index (χ1n) is 8.30. The molecule has 1 aromatic carbocycles. The molecule has 2 aromatic rings. The van der Waals surface area contributed by atoms with E-state index in [0.717, 1.165) is 16.7 Å². The summed E-state index contributed by atoms with van der Waals surface area (Å²) in [6.45, 7) is 4.16. The fourth-order valence-corrected chi connectivity index (χ4v) is 2.63. The number of benzene rings is 1. The van der Waals surface area contributed by atoms with Crippen LogP contribution < -0.4 is 0 Å². The molecule has 1 aliphatic carbocycles. The third kappa shape index (κ3) is 4.19. The second-order valence-electron chi connectivity index (χ2n) is 5.93. The zero-order valence-electron chi connectivity index (χ0n) is 14.3. The van der Waals surface area contributed by atoms with Crippen molar-refractivity contribution in [1.29, 1.82) is 0 Å². The van der Waals surface area contributed by atoms with Gasteiger partial charge in [0, 0.05) is 30.0 Å². The molecule has 0 aliphatic heterocycles. The predicted octanol–water partition coefficient (Wildman–Crippen LogP) is 4.35. The van der Waals surface area contributed by atoms with Crippen LogP contribution >= 0.6 is 0 Å². The number of allylic oxidation sites excluding steroid dienone is 3. The predicted molar refractivity (Wildman–Crippen MR) is 102 cm³/mol. The van der Waals surface area contributed by atoms with Gasteiger partial charge in [-0.25, -0.2) is 0 Å². The summed E-state index contributed by atoms with van der Waals surface area (Å²) in [6.07, 6.45) is 8.09. The highest BCUT2D eigenvalue weighted by molar-refractivity contribution is 5.80. The van der Waals surface area contributed by atoms with Crippen molar-refractivity contribution in [2.24, 2.45) is 5.16 Å². The fraction of sp³-hybridized carbons (Fsp3) is 0.143. The third-order valence-electron chi connectivity index (χ3n) is 4.05. The Balaban J connectivity index is 1.60. The summed E-state index contributed by atoms with van der Waals surface area (Å²) in [5, 5.41) is 24.0. The number of hydrogen-bond donors (Lipinski definition) is 2. The minimum Gasteiger partial charge on any atom is -0.504 e. The van der Waals surface area contributed by atoms with Crippen LogP contribution in [0.2, 0.25) is 0 Å². The van der Waals surface area contributed by atoms with Crippen molar-refractivity contribution < 1.29 is 15.1 Å². The second kappa shape index (κ2) is 8.16. The summed E-state index contributed by atoms with van der Waals surface area (Å²) in [7, 11) is 0. The van der Waals surface area contributed by atoms with Crippen LogP contribution in [0.15, 0.2) is 83.7 Å². The first kappa shape index (κ1) is 17.5. The Bertz CT molecular complexity index is 883. The topological polar surface area (TPSA) is 74.9 Å². The molecule has 1 aromatic heterocycles. The average molecular weight is 348 g/mol. The smallest absolute Gasteiger partial charge is 0.165 e. The summed E-state index contributed by atoms with van der Waals surface area (Å²) in [4.78, 5) is 9.30. The van der Waals surface area contributed by atoms with Gasteiger partial charge in [0.2, 0.25) is 0 Å². The summed E-state index contributed by atoms with van der Waals surface area (Å²) in [5.74, 6) is -0.267. The first-order chi connectivity index (χ1) is 12.6.